The molecule has 3 heterocycles. The van der Waals surface area contributed by atoms with E-state index in [9.17, 15) is 9.59 Å². The van der Waals surface area contributed by atoms with Crippen molar-refractivity contribution in [2.24, 2.45) is 7.05 Å². The molecule has 24 heavy (non-hydrogen) atoms. The predicted molar refractivity (Wildman–Crippen MR) is 83.6 cm³/mol. The minimum absolute atomic E-state index is 0.251. The summed E-state index contributed by atoms with van der Waals surface area (Å²) in [5.41, 5.74) is 1.08. The van der Waals surface area contributed by atoms with Crippen molar-refractivity contribution >= 4 is 5.97 Å². The van der Waals surface area contributed by atoms with Crippen LogP contribution >= 0.6 is 0 Å². The van der Waals surface area contributed by atoms with Gasteiger partial charge in [0, 0.05) is 19.3 Å². The smallest absolute Gasteiger partial charge is 0.339 e. The van der Waals surface area contributed by atoms with E-state index < -0.39 is 5.97 Å². The first-order valence-electron chi connectivity index (χ1n) is 7.17. The molecular formula is C15H14N6O3. The summed E-state index contributed by atoms with van der Waals surface area (Å²) in [7, 11) is 1.73. The lowest BCUT2D eigenvalue weighted by Crippen LogP contribution is -2.20. The summed E-state index contributed by atoms with van der Waals surface area (Å²) in [5.74, 6) is -0.226. The van der Waals surface area contributed by atoms with Crippen molar-refractivity contribution in [3.8, 4) is 17.2 Å². The Kier molecular flexibility index (Phi) is 4.15. The first-order chi connectivity index (χ1) is 11.6. The third-order valence-corrected chi connectivity index (χ3v) is 3.27. The average molecular weight is 326 g/mol. The topological polar surface area (TPSA) is 105 Å². The molecule has 3 rings (SSSR count). The van der Waals surface area contributed by atoms with Crippen LogP contribution in [0.5, 0.6) is 0 Å². The van der Waals surface area contributed by atoms with Gasteiger partial charge >= 0.3 is 5.97 Å². The third-order valence-electron chi connectivity index (χ3n) is 3.27. The van der Waals surface area contributed by atoms with Crippen LogP contribution in [-0.4, -0.2) is 42.1 Å². The number of pyridine rings is 1. The van der Waals surface area contributed by atoms with Crippen LogP contribution in [0.1, 0.15) is 17.3 Å². The molecular weight excluding hydrogens is 312 g/mol. The number of carbonyl (C=O) groups is 1. The highest BCUT2D eigenvalue weighted by molar-refractivity contribution is 5.89. The monoisotopic (exact) mass is 326 g/mol. The van der Waals surface area contributed by atoms with Gasteiger partial charge in [-0.2, -0.15) is 0 Å². The molecule has 0 atom stereocenters. The summed E-state index contributed by atoms with van der Waals surface area (Å²) < 4.78 is 7.74. The average Bonchev–Trinajstić information content (AvgIpc) is 3.01. The van der Waals surface area contributed by atoms with Gasteiger partial charge in [-0.05, 0) is 13.0 Å². The summed E-state index contributed by atoms with van der Waals surface area (Å²) in [6.07, 6.45) is 5.91. The van der Waals surface area contributed by atoms with Gasteiger partial charge in [-0.3, -0.25) is 14.3 Å². The van der Waals surface area contributed by atoms with Crippen LogP contribution in [0.15, 0.2) is 41.7 Å². The van der Waals surface area contributed by atoms with Gasteiger partial charge in [-0.25, -0.2) is 14.5 Å². The van der Waals surface area contributed by atoms with Gasteiger partial charge in [0.15, 0.2) is 5.82 Å². The van der Waals surface area contributed by atoms with Crippen molar-refractivity contribution in [2.45, 2.75) is 6.92 Å². The highest BCUT2D eigenvalue weighted by atomic mass is 16.5. The number of carbonyl (C=O) groups excluding carboxylic acids is 1. The first kappa shape index (κ1) is 15.5. The fraction of sp³-hybridized carbons (Fsp3) is 0.200. The molecule has 3 aromatic rings. The van der Waals surface area contributed by atoms with Crippen LogP contribution in [0, 0.1) is 0 Å². The maximum absolute atomic E-state index is 12.1. The molecule has 0 aliphatic carbocycles. The van der Waals surface area contributed by atoms with Crippen LogP contribution in [0.25, 0.3) is 17.2 Å². The van der Waals surface area contributed by atoms with Gasteiger partial charge in [0.2, 0.25) is 0 Å². The number of aryl methyl sites for hydroxylation is 1. The highest BCUT2D eigenvalue weighted by Gasteiger charge is 2.12. The van der Waals surface area contributed by atoms with E-state index in [2.05, 4.69) is 20.3 Å². The number of aromatic nitrogens is 6. The third kappa shape index (κ3) is 2.91. The molecule has 0 N–H and O–H groups in total. The standard InChI is InChI=1S/C15H14N6O3/c1-3-24-15(23)10-4-5-14(22)21(9-10)13-8-16-6-11(18-13)12-7-17-19-20(12)2/h4-9H,3H2,1-2H3. The second-order valence-electron chi connectivity index (χ2n) is 4.85. The van der Waals surface area contributed by atoms with Crippen molar-refractivity contribution < 1.29 is 9.53 Å². The molecule has 0 radical (unpaired) electrons. The Bertz CT molecular complexity index is 946. The molecule has 0 saturated heterocycles. The number of nitrogens with zero attached hydrogens (tertiary/aromatic N) is 6. The molecule has 122 valence electrons. The maximum Gasteiger partial charge on any atom is 0.339 e. The largest absolute Gasteiger partial charge is 0.462 e. The summed E-state index contributed by atoms with van der Waals surface area (Å²) in [4.78, 5) is 32.5. The van der Waals surface area contributed by atoms with Gasteiger partial charge < -0.3 is 4.74 Å². The SMILES string of the molecule is CCOC(=O)c1ccc(=O)n(-c2cncc(-c3cnnn3C)n2)c1. The Morgan fingerprint density at radius 3 is 2.79 bits per heavy atom. The number of hydrogen-bond donors (Lipinski definition) is 0. The Labute approximate surface area is 136 Å². The summed E-state index contributed by atoms with van der Waals surface area (Å²) >= 11 is 0. The van der Waals surface area contributed by atoms with E-state index in [1.165, 1.54) is 29.1 Å². The minimum atomic E-state index is -0.508. The normalized spacial score (nSPS) is 10.6. The molecule has 0 aliphatic heterocycles. The van der Waals surface area contributed by atoms with Crippen molar-refractivity contribution in [1.82, 2.24) is 29.5 Å². The van der Waals surface area contributed by atoms with Gasteiger partial charge in [0.25, 0.3) is 5.56 Å². The number of rotatable bonds is 4. The lowest BCUT2D eigenvalue weighted by molar-refractivity contribution is 0.0525. The predicted octanol–water partition coefficient (Wildman–Crippen LogP) is 0.600. The van der Waals surface area contributed by atoms with Crippen LogP contribution in [-0.2, 0) is 11.8 Å². The molecule has 0 amide bonds. The number of hydrogen-bond acceptors (Lipinski definition) is 7. The zero-order valence-electron chi connectivity index (χ0n) is 13.1. The van der Waals surface area contributed by atoms with Crippen molar-refractivity contribution in [3.63, 3.8) is 0 Å². The van der Waals surface area contributed by atoms with Gasteiger partial charge in [-0.15, -0.1) is 5.10 Å². The fourth-order valence-electron chi connectivity index (χ4n) is 2.12. The number of ether oxygens (including phenoxy) is 1. The fourth-order valence-corrected chi connectivity index (χ4v) is 2.12. The molecule has 0 spiro atoms. The Morgan fingerprint density at radius 1 is 1.25 bits per heavy atom. The van der Waals surface area contributed by atoms with E-state index >= 15 is 0 Å². The zero-order chi connectivity index (χ0) is 17.1. The molecule has 0 fully saturated rings. The van der Waals surface area contributed by atoms with E-state index in [4.69, 9.17) is 4.74 Å². The molecule has 3 aromatic heterocycles. The zero-order valence-corrected chi connectivity index (χ0v) is 13.1. The van der Waals surface area contributed by atoms with E-state index in [1.807, 2.05) is 0 Å². The lowest BCUT2D eigenvalue weighted by atomic mass is 10.3. The van der Waals surface area contributed by atoms with Crippen molar-refractivity contribution in [1.29, 1.82) is 0 Å². The first-order valence-corrected chi connectivity index (χ1v) is 7.17. The maximum atomic E-state index is 12.1. The van der Waals surface area contributed by atoms with E-state index in [0.29, 0.717) is 11.4 Å². The lowest BCUT2D eigenvalue weighted by Gasteiger charge is -2.08. The van der Waals surface area contributed by atoms with Crippen LogP contribution in [0.2, 0.25) is 0 Å². The molecule has 9 heteroatoms. The van der Waals surface area contributed by atoms with Gasteiger partial charge in [-0.1, -0.05) is 5.21 Å². The second kappa shape index (κ2) is 6.41. The van der Waals surface area contributed by atoms with Crippen LogP contribution in [0.4, 0.5) is 0 Å². The van der Waals surface area contributed by atoms with Crippen molar-refractivity contribution in [2.75, 3.05) is 6.61 Å². The quantitative estimate of drug-likeness (QED) is 0.646. The Balaban J connectivity index is 2.06. The van der Waals surface area contributed by atoms with E-state index in [-0.39, 0.29) is 23.5 Å². The molecule has 0 bridgehead atoms. The molecule has 0 aliphatic rings. The molecule has 9 nitrogen and oxygen atoms in total. The number of esters is 1. The van der Waals surface area contributed by atoms with Gasteiger partial charge in [0.05, 0.1) is 30.8 Å². The summed E-state index contributed by atoms with van der Waals surface area (Å²) in [6.45, 7) is 1.96. The van der Waals surface area contributed by atoms with E-state index in [0.717, 1.165) is 0 Å². The minimum Gasteiger partial charge on any atom is -0.462 e. The van der Waals surface area contributed by atoms with Gasteiger partial charge in [0.1, 0.15) is 11.4 Å². The van der Waals surface area contributed by atoms with E-state index in [1.54, 1.807) is 31.0 Å². The Morgan fingerprint density at radius 2 is 2.08 bits per heavy atom. The molecule has 0 aromatic carbocycles. The van der Waals surface area contributed by atoms with Crippen molar-refractivity contribution in [3.05, 3.63) is 52.8 Å². The molecule has 0 saturated carbocycles. The summed E-state index contributed by atoms with van der Waals surface area (Å²) in [6, 6.07) is 2.70. The Hall–Kier alpha value is -3.36. The van der Waals surface area contributed by atoms with Crippen LogP contribution in [0.3, 0.4) is 0 Å². The molecule has 0 unspecified atom stereocenters. The van der Waals surface area contributed by atoms with Crippen LogP contribution < -0.4 is 5.56 Å². The highest BCUT2D eigenvalue weighted by Crippen LogP contribution is 2.14. The second-order valence-corrected chi connectivity index (χ2v) is 4.85. The summed E-state index contributed by atoms with van der Waals surface area (Å²) in [5, 5.41) is 7.63.